The SMILES string of the molecule is Cc1ncnc2oc(-c3ccccc3)c(-c3ccc(Cl)cc3)c12. The summed E-state index contributed by atoms with van der Waals surface area (Å²) in [4.78, 5) is 8.61. The van der Waals surface area contributed by atoms with Gasteiger partial charge in [0.15, 0.2) is 0 Å². The minimum Gasteiger partial charge on any atom is -0.437 e. The van der Waals surface area contributed by atoms with Crippen LogP contribution in [0.25, 0.3) is 33.6 Å². The van der Waals surface area contributed by atoms with Crippen LogP contribution in [0.4, 0.5) is 0 Å². The van der Waals surface area contributed by atoms with Gasteiger partial charge in [0.25, 0.3) is 0 Å². The van der Waals surface area contributed by atoms with E-state index in [9.17, 15) is 0 Å². The van der Waals surface area contributed by atoms with Gasteiger partial charge < -0.3 is 4.42 Å². The maximum absolute atomic E-state index is 6.07. The first kappa shape index (κ1) is 14.0. The van der Waals surface area contributed by atoms with Crippen molar-refractivity contribution in [3.63, 3.8) is 0 Å². The predicted octanol–water partition coefficient (Wildman–Crippen LogP) is 5.52. The topological polar surface area (TPSA) is 38.9 Å². The summed E-state index contributed by atoms with van der Waals surface area (Å²) in [5, 5.41) is 1.64. The molecule has 0 spiro atoms. The monoisotopic (exact) mass is 320 g/mol. The fourth-order valence-corrected chi connectivity index (χ4v) is 2.89. The van der Waals surface area contributed by atoms with Crippen molar-refractivity contribution in [3.8, 4) is 22.5 Å². The van der Waals surface area contributed by atoms with Crippen LogP contribution in [0.2, 0.25) is 5.02 Å². The molecule has 0 fully saturated rings. The van der Waals surface area contributed by atoms with Gasteiger partial charge in [0, 0.05) is 16.1 Å². The number of hydrogen-bond acceptors (Lipinski definition) is 3. The highest BCUT2D eigenvalue weighted by Crippen LogP contribution is 2.41. The molecule has 2 aromatic carbocycles. The number of fused-ring (bicyclic) bond motifs is 1. The first-order valence-corrected chi connectivity index (χ1v) is 7.67. The van der Waals surface area contributed by atoms with Gasteiger partial charge in [-0.2, -0.15) is 0 Å². The summed E-state index contributed by atoms with van der Waals surface area (Å²) in [5.74, 6) is 0.798. The molecule has 0 N–H and O–H groups in total. The standard InChI is InChI=1S/C19H13ClN2O/c1-12-16-17(13-7-9-15(20)10-8-13)18(14-5-3-2-4-6-14)23-19(16)22-11-21-12/h2-11H,1H3. The van der Waals surface area contributed by atoms with Crippen LogP contribution >= 0.6 is 11.6 Å². The smallest absolute Gasteiger partial charge is 0.230 e. The third-order valence-corrected chi connectivity index (χ3v) is 4.10. The summed E-state index contributed by atoms with van der Waals surface area (Å²) in [5.41, 5.74) is 4.54. The van der Waals surface area contributed by atoms with Crippen molar-refractivity contribution < 1.29 is 4.42 Å². The number of aromatic nitrogens is 2. The second-order valence-corrected chi connectivity index (χ2v) is 5.75. The Labute approximate surface area is 138 Å². The van der Waals surface area contributed by atoms with Crippen molar-refractivity contribution in [2.45, 2.75) is 6.92 Å². The molecule has 0 saturated carbocycles. The molecule has 2 heterocycles. The summed E-state index contributed by atoms with van der Waals surface area (Å²) in [7, 11) is 0. The lowest BCUT2D eigenvalue weighted by molar-refractivity contribution is 0.618. The average molecular weight is 321 g/mol. The molecule has 0 aliphatic carbocycles. The Morgan fingerprint density at radius 2 is 1.61 bits per heavy atom. The van der Waals surface area contributed by atoms with E-state index < -0.39 is 0 Å². The number of aryl methyl sites for hydroxylation is 1. The molecule has 0 unspecified atom stereocenters. The summed E-state index contributed by atoms with van der Waals surface area (Å²) in [6.07, 6.45) is 1.53. The van der Waals surface area contributed by atoms with Crippen molar-refractivity contribution in [3.05, 3.63) is 71.6 Å². The van der Waals surface area contributed by atoms with Crippen molar-refractivity contribution in [1.29, 1.82) is 0 Å². The van der Waals surface area contributed by atoms with Gasteiger partial charge in [0.2, 0.25) is 5.71 Å². The van der Waals surface area contributed by atoms with E-state index in [2.05, 4.69) is 9.97 Å². The second kappa shape index (κ2) is 5.52. The van der Waals surface area contributed by atoms with E-state index in [1.165, 1.54) is 6.33 Å². The molecule has 0 radical (unpaired) electrons. The minimum absolute atomic E-state index is 0.598. The van der Waals surface area contributed by atoms with Crippen molar-refractivity contribution in [2.24, 2.45) is 0 Å². The summed E-state index contributed by atoms with van der Waals surface area (Å²) in [6.45, 7) is 1.97. The molecule has 4 aromatic rings. The normalized spacial score (nSPS) is 11.0. The van der Waals surface area contributed by atoms with Crippen LogP contribution in [-0.4, -0.2) is 9.97 Å². The molecule has 0 amide bonds. The van der Waals surface area contributed by atoms with Crippen molar-refractivity contribution in [1.82, 2.24) is 9.97 Å². The average Bonchev–Trinajstić information content (AvgIpc) is 2.97. The molecule has 4 rings (SSSR count). The van der Waals surface area contributed by atoms with Gasteiger partial charge in [0.1, 0.15) is 12.1 Å². The van der Waals surface area contributed by atoms with Crippen LogP contribution in [-0.2, 0) is 0 Å². The molecule has 0 atom stereocenters. The first-order valence-electron chi connectivity index (χ1n) is 7.29. The number of hydrogen-bond donors (Lipinski definition) is 0. The fraction of sp³-hybridized carbons (Fsp3) is 0.0526. The van der Waals surface area contributed by atoms with E-state index in [-0.39, 0.29) is 0 Å². The summed E-state index contributed by atoms with van der Waals surface area (Å²) in [6, 6.07) is 17.8. The molecule has 0 aliphatic heterocycles. The van der Waals surface area contributed by atoms with Crippen LogP contribution in [0.1, 0.15) is 5.69 Å². The third-order valence-electron chi connectivity index (χ3n) is 3.85. The highest BCUT2D eigenvalue weighted by atomic mass is 35.5. The van der Waals surface area contributed by atoms with Crippen LogP contribution in [0.3, 0.4) is 0 Å². The molecular formula is C19H13ClN2O. The zero-order valence-electron chi connectivity index (χ0n) is 12.5. The molecule has 112 valence electrons. The Morgan fingerprint density at radius 1 is 0.870 bits per heavy atom. The van der Waals surface area contributed by atoms with E-state index in [0.717, 1.165) is 33.5 Å². The Balaban J connectivity index is 2.08. The number of benzene rings is 2. The molecule has 3 nitrogen and oxygen atoms in total. The highest BCUT2D eigenvalue weighted by Gasteiger charge is 2.20. The van der Waals surface area contributed by atoms with E-state index >= 15 is 0 Å². The summed E-state index contributed by atoms with van der Waals surface area (Å²) < 4.78 is 6.07. The minimum atomic E-state index is 0.598. The molecular weight excluding hydrogens is 308 g/mol. The van der Waals surface area contributed by atoms with Crippen molar-refractivity contribution in [2.75, 3.05) is 0 Å². The maximum Gasteiger partial charge on any atom is 0.230 e. The molecule has 0 aliphatic rings. The Hall–Kier alpha value is -2.65. The molecule has 4 heteroatoms. The van der Waals surface area contributed by atoms with Gasteiger partial charge in [-0.15, -0.1) is 0 Å². The molecule has 2 aromatic heterocycles. The zero-order valence-corrected chi connectivity index (χ0v) is 13.2. The highest BCUT2D eigenvalue weighted by molar-refractivity contribution is 6.30. The van der Waals surface area contributed by atoms with E-state index in [0.29, 0.717) is 10.7 Å². The van der Waals surface area contributed by atoms with Crippen LogP contribution in [0.5, 0.6) is 0 Å². The quantitative estimate of drug-likeness (QED) is 0.488. The Kier molecular flexibility index (Phi) is 3.36. The van der Waals surface area contributed by atoms with Gasteiger partial charge in [-0.25, -0.2) is 9.97 Å². The lowest BCUT2D eigenvalue weighted by Crippen LogP contribution is -1.86. The van der Waals surface area contributed by atoms with Crippen LogP contribution in [0.15, 0.2) is 65.3 Å². The van der Waals surface area contributed by atoms with Gasteiger partial charge in [-0.05, 0) is 24.6 Å². The number of rotatable bonds is 2. The van der Waals surface area contributed by atoms with Gasteiger partial charge in [0.05, 0.1) is 11.1 Å². The predicted molar refractivity (Wildman–Crippen MR) is 92.4 cm³/mol. The maximum atomic E-state index is 6.07. The van der Waals surface area contributed by atoms with Gasteiger partial charge in [-0.1, -0.05) is 54.1 Å². The Bertz CT molecular complexity index is 976. The Morgan fingerprint density at radius 3 is 2.35 bits per heavy atom. The number of halogens is 1. The number of nitrogens with zero attached hydrogens (tertiary/aromatic N) is 2. The van der Waals surface area contributed by atoms with Crippen LogP contribution < -0.4 is 0 Å². The molecule has 0 saturated heterocycles. The molecule has 0 bridgehead atoms. The van der Waals surface area contributed by atoms with Gasteiger partial charge >= 0.3 is 0 Å². The van der Waals surface area contributed by atoms with E-state index in [1.807, 2.05) is 61.5 Å². The largest absolute Gasteiger partial charge is 0.437 e. The zero-order chi connectivity index (χ0) is 15.8. The second-order valence-electron chi connectivity index (χ2n) is 5.32. The third kappa shape index (κ3) is 2.39. The van der Waals surface area contributed by atoms with E-state index in [1.54, 1.807) is 0 Å². The van der Waals surface area contributed by atoms with Crippen molar-refractivity contribution >= 4 is 22.7 Å². The van der Waals surface area contributed by atoms with E-state index in [4.69, 9.17) is 16.0 Å². The summed E-state index contributed by atoms with van der Waals surface area (Å²) >= 11 is 6.03. The lowest BCUT2D eigenvalue weighted by Gasteiger charge is -2.05. The van der Waals surface area contributed by atoms with Crippen LogP contribution in [0, 0.1) is 6.92 Å². The number of furan rings is 1. The van der Waals surface area contributed by atoms with Gasteiger partial charge in [-0.3, -0.25) is 0 Å². The first-order chi connectivity index (χ1) is 11.2. The molecule has 23 heavy (non-hydrogen) atoms. The lowest BCUT2D eigenvalue weighted by atomic mass is 9.99. The fourth-order valence-electron chi connectivity index (χ4n) is 2.76.